The highest BCUT2D eigenvalue weighted by molar-refractivity contribution is 5.79. The van der Waals surface area contributed by atoms with Crippen LogP contribution in [0.25, 0.3) is 0 Å². The Morgan fingerprint density at radius 2 is 2.09 bits per heavy atom. The molecule has 0 amide bonds. The van der Waals surface area contributed by atoms with Gasteiger partial charge in [-0.15, -0.1) is 0 Å². The van der Waals surface area contributed by atoms with E-state index in [9.17, 15) is 4.79 Å². The number of carboxylic acid groups (broad SMARTS) is 1. The molecule has 0 aromatic heterocycles. The fourth-order valence-electron chi connectivity index (χ4n) is 2.58. The summed E-state index contributed by atoms with van der Waals surface area (Å²) in [6.45, 7) is 0. The van der Waals surface area contributed by atoms with Crippen LogP contribution in [0, 0.1) is 22.2 Å². The second-order valence-electron chi connectivity index (χ2n) is 3.95. The van der Waals surface area contributed by atoms with Crippen molar-refractivity contribution in [1.82, 2.24) is 0 Å². The van der Waals surface area contributed by atoms with E-state index in [1.165, 1.54) is 0 Å². The predicted molar refractivity (Wildman–Crippen MR) is 36.6 cm³/mol. The average Bonchev–Trinajstić information content (AvgIpc) is 1.73. The smallest absolute Gasteiger partial charge is 0.309 e. The number of rotatable bonds is 2. The maximum atomic E-state index is 10.6. The van der Waals surface area contributed by atoms with Crippen molar-refractivity contribution in [3.8, 4) is 6.07 Å². The zero-order valence-electron chi connectivity index (χ0n) is 6.13. The standard InChI is InChI=1S/C8H9NO2/c9-2-1-7-3-8(4-7,5-7)6(10)11/h1,3-5H2,(H,10,11). The second-order valence-corrected chi connectivity index (χ2v) is 3.95. The Kier molecular flexibility index (Phi) is 0.956. The number of carboxylic acids is 1. The van der Waals surface area contributed by atoms with Crippen molar-refractivity contribution in [2.24, 2.45) is 10.8 Å². The van der Waals surface area contributed by atoms with E-state index in [2.05, 4.69) is 6.07 Å². The van der Waals surface area contributed by atoms with Crippen LogP contribution in [0.4, 0.5) is 0 Å². The first-order valence-corrected chi connectivity index (χ1v) is 3.73. The molecule has 0 unspecified atom stereocenters. The third kappa shape index (κ3) is 0.597. The van der Waals surface area contributed by atoms with Crippen molar-refractivity contribution in [2.75, 3.05) is 0 Å². The summed E-state index contributed by atoms with van der Waals surface area (Å²) in [5.74, 6) is -0.669. The molecule has 0 spiro atoms. The fraction of sp³-hybridized carbons (Fsp3) is 0.750. The molecule has 3 aliphatic rings. The van der Waals surface area contributed by atoms with Gasteiger partial charge in [-0.05, 0) is 24.7 Å². The Morgan fingerprint density at radius 3 is 2.45 bits per heavy atom. The van der Waals surface area contributed by atoms with Crippen LogP contribution in [0.5, 0.6) is 0 Å². The van der Waals surface area contributed by atoms with Crippen LogP contribution in [0.15, 0.2) is 0 Å². The summed E-state index contributed by atoms with van der Waals surface area (Å²) in [5.41, 5.74) is -0.288. The minimum atomic E-state index is -0.669. The van der Waals surface area contributed by atoms with E-state index in [-0.39, 0.29) is 5.41 Å². The SMILES string of the molecule is N#CCC12CC(C(=O)O)(C1)C2. The van der Waals surface area contributed by atoms with Crippen molar-refractivity contribution < 1.29 is 9.90 Å². The molecular weight excluding hydrogens is 142 g/mol. The highest BCUT2D eigenvalue weighted by Crippen LogP contribution is 2.74. The molecule has 3 heteroatoms. The van der Waals surface area contributed by atoms with Crippen LogP contribution < -0.4 is 0 Å². The normalized spacial score (nSPS) is 45.0. The molecule has 58 valence electrons. The lowest BCUT2D eigenvalue weighted by atomic mass is 9.34. The highest BCUT2D eigenvalue weighted by Gasteiger charge is 2.71. The largest absolute Gasteiger partial charge is 0.481 e. The lowest BCUT2D eigenvalue weighted by molar-refractivity contribution is -0.220. The summed E-state index contributed by atoms with van der Waals surface area (Å²) < 4.78 is 0. The van der Waals surface area contributed by atoms with Gasteiger partial charge in [-0.2, -0.15) is 5.26 Å². The summed E-state index contributed by atoms with van der Waals surface area (Å²) in [7, 11) is 0. The zero-order valence-corrected chi connectivity index (χ0v) is 6.13. The molecule has 0 atom stereocenters. The van der Waals surface area contributed by atoms with Crippen LogP contribution in [-0.2, 0) is 4.79 Å². The van der Waals surface area contributed by atoms with Gasteiger partial charge in [0.15, 0.2) is 0 Å². The quantitative estimate of drug-likeness (QED) is 0.644. The summed E-state index contributed by atoms with van der Waals surface area (Å²) in [6, 6.07) is 2.11. The minimum Gasteiger partial charge on any atom is -0.481 e. The molecule has 2 bridgehead atoms. The van der Waals surface area contributed by atoms with E-state index in [1.54, 1.807) is 0 Å². The van der Waals surface area contributed by atoms with Gasteiger partial charge in [-0.25, -0.2) is 0 Å². The molecule has 0 saturated heterocycles. The van der Waals surface area contributed by atoms with E-state index >= 15 is 0 Å². The van der Waals surface area contributed by atoms with Gasteiger partial charge in [0.2, 0.25) is 0 Å². The molecular formula is C8H9NO2. The molecule has 3 aliphatic carbocycles. The summed E-state index contributed by atoms with van der Waals surface area (Å²) in [6.07, 6.45) is 2.76. The summed E-state index contributed by atoms with van der Waals surface area (Å²) in [5, 5.41) is 17.1. The monoisotopic (exact) mass is 151 g/mol. The van der Waals surface area contributed by atoms with E-state index in [1.807, 2.05) is 0 Å². The molecule has 0 radical (unpaired) electrons. The van der Waals surface area contributed by atoms with Gasteiger partial charge in [0.1, 0.15) is 0 Å². The van der Waals surface area contributed by atoms with Crippen LogP contribution in [0.2, 0.25) is 0 Å². The molecule has 11 heavy (non-hydrogen) atoms. The zero-order chi connectivity index (χ0) is 8.11. The number of aliphatic carboxylic acids is 1. The second kappa shape index (κ2) is 1.58. The molecule has 3 nitrogen and oxygen atoms in total. The third-order valence-corrected chi connectivity index (χ3v) is 3.05. The van der Waals surface area contributed by atoms with Gasteiger partial charge in [0.25, 0.3) is 0 Å². The van der Waals surface area contributed by atoms with Crippen molar-refractivity contribution in [3.05, 3.63) is 0 Å². The number of carbonyl (C=O) groups is 1. The molecule has 0 aromatic rings. The summed E-state index contributed by atoms with van der Waals surface area (Å²) >= 11 is 0. The fourth-order valence-corrected chi connectivity index (χ4v) is 2.58. The van der Waals surface area contributed by atoms with Gasteiger partial charge in [-0.1, -0.05) is 0 Å². The first-order chi connectivity index (χ1) is 5.13. The molecule has 3 fully saturated rings. The van der Waals surface area contributed by atoms with Gasteiger partial charge in [0.05, 0.1) is 11.5 Å². The van der Waals surface area contributed by atoms with Crippen molar-refractivity contribution in [1.29, 1.82) is 5.26 Å². The number of nitriles is 1. The number of hydrogen-bond donors (Lipinski definition) is 1. The topological polar surface area (TPSA) is 61.1 Å². The van der Waals surface area contributed by atoms with E-state index in [0.29, 0.717) is 6.42 Å². The van der Waals surface area contributed by atoms with Gasteiger partial charge in [0, 0.05) is 6.42 Å². The third-order valence-electron chi connectivity index (χ3n) is 3.05. The van der Waals surface area contributed by atoms with Gasteiger partial charge in [-0.3, -0.25) is 4.79 Å². The molecule has 0 aromatic carbocycles. The predicted octanol–water partition coefficient (Wildman–Crippen LogP) is 1.15. The molecule has 1 N–H and O–H groups in total. The Labute approximate surface area is 64.6 Å². The number of hydrogen-bond acceptors (Lipinski definition) is 2. The Morgan fingerprint density at radius 1 is 1.55 bits per heavy atom. The van der Waals surface area contributed by atoms with Crippen molar-refractivity contribution in [3.63, 3.8) is 0 Å². The van der Waals surface area contributed by atoms with Crippen molar-refractivity contribution in [2.45, 2.75) is 25.7 Å². The lowest BCUT2D eigenvalue weighted by Gasteiger charge is -2.67. The molecule has 0 heterocycles. The molecule has 3 rings (SSSR count). The number of nitrogens with zero attached hydrogens (tertiary/aromatic N) is 1. The highest BCUT2D eigenvalue weighted by atomic mass is 16.4. The minimum absolute atomic E-state index is 0.118. The maximum absolute atomic E-state index is 10.6. The maximum Gasteiger partial charge on any atom is 0.309 e. The van der Waals surface area contributed by atoms with Gasteiger partial charge >= 0.3 is 5.97 Å². The van der Waals surface area contributed by atoms with Gasteiger partial charge < -0.3 is 5.11 Å². The van der Waals surface area contributed by atoms with E-state index in [0.717, 1.165) is 19.3 Å². The summed E-state index contributed by atoms with van der Waals surface area (Å²) in [4.78, 5) is 10.6. The Balaban J connectivity index is 2.00. The first kappa shape index (κ1) is 6.66. The van der Waals surface area contributed by atoms with Crippen molar-refractivity contribution >= 4 is 5.97 Å². The average molecular weight is 151 g/mol. The Hall–Kier alpha value is -1.04. The molecule has 0 aliphatic heterocycles. The van der Waals surface area contributed by atoms with Crippen LogP contribution in [0.3, 0.4) is 0 Å². The van der Waals surface area contributed by atoms with Crippen LogP contribution in [-0.4, -0.2) is 11.1 Å². The van der Waals surface area contributed by atoms with E-state index in [4.69, 9.17) is 10.4 Å². The van der Waals surface area contributed by atoms with E-state index < -0.39 is 11.4 Å². The molecule has 3 saturated carbocycles. The lowest BCUT2D eigenvalue weighted by Crippen LogP contribution is -2.65. The van der Waals surface area contributed by atoms with Crippen LogP contribution >= 0.6 is 0 Å². The van der Waals surface area contributed by atoms with Crippen LogP contribution in [0.1, 0.15) is 25.7 Å². The Bertz CT molecular complexity index is 244. The first-order valence-electron chi connectivity index (χ1n) is 3.73.